The van der Waals surface area contributed by atoms with Crippen molar-refractivity contribution in [2.75, 3.05) is 13.1 Å². The summed E-state index contributed by atoms with van der Waals surface area (Å²) in [6.07, 6.45) is 0.650. The van der Waals surface area contributed by atoms with Crippen molar-refractivity contribution in [1.82, 2.24) is 10.2 Å². The molecule has 0 saturated carbocycles. The van der Waals surface area contributed by atoms with Crippen LogP contribution in [0.3, 0.4) is 0 Å². The number of primary amides is 1. The predicted octanol–water partition coefficient (Wildman–Crippen LogP) is 2.94. The van der Waals surface area contributed by atoms with Gasteiger partial charge in [0, 0.05) is 24.7 Å². The molecule has 1 atom stereocenters. The Kier molecular flexibility index (Phi) is 5.81. The zero-order valence-electron chi connectivity index (χ0n) is 14.5. The van der Waals surface area contributed by atoms with Crippen LogP contribution in [0.25, 0.3) is 0 Å². The van der Waals surface area contributed by atoms with Crippen LogP contribution in [0.4, 0.5) is 9.18 Å². The first-order valence-corrected chi connectivity index (χ1v) is 8.82. The van der Waals surface area contributed by atoms with Gasteiger partial charge in [-0.25, -0.2) is 9.18 Å². The van der Waals surface area contributed by atoms with Gasteiger partial charge in [0.05, 0.1) is 5.02 Å². The summed E-state index contributed by atoms with van der Waals surface area (Å²) in [7, 11) is 0. The maximum absolute atomic E-state index is 13.2. The minimum absolute atomic E-state index is 0.143. The third-order valence-electron chi connectivity index (χ3n) is 4.28. The van der Waals surface area contributed by atoms with Gasteiger partial charge in [-0.3, -0.25) is 4.79 Å². The molecule has 3 rings (SSSR count). The van der Waals surface area contributed by atoms with E-state index in [-0.39, 0.29) is 24.4 Å². The monoisotopic (exact) mass is 391 g/mol. The van der Waals surface area contributed by atoms with Crippen LogP contribution >= 0.6 is 11.6 Å². The summed E-state index contributed by atoms with van der Waals surface area (Å²) in [5.74, 6) is -0.104. The summed E-state index contributed by atoms with van der Waals surface area (Å²) in [4.78, 5) is 25.2. The number of nitrogens with zero attached hydrogens (tertiary/aromatic N) is 1. The molecule has 0 aromatic heterocycles. The Labute approximate surface area is 161 Å². The highest BCUT2D eigenvalue weighted by molar-refractivity contribution is 6.32. The van der Waals surface area contributed by atoms with Crippen LogP contribution in [0, 0.1) is 5.82 Å². The third-order valence-corrected chi connectivity index (χ3v) is 4.58. The lowest BCUT2D eigenvalue weighted by atomic mass is 10.2. The van der Waals surface area contributed by atoms with Gasteiger partial charge in [0.2, 0.25) is 0 Å². The summed E-state index contributed by atoms with van der Waals surface area (Å²) in [5, 5.41) is 2.90. The molecule has 1 aliphatic rings. The lowest BCUT2D eigenvalue weighted by Crippen LogP contribution is -2.41. The van der Waals surface area contributed by atoms with E-state index >= 15 is 0 Å². The summed E-state index contributed by atoms with van der Waals surface area (Å²) >= 11 is 6.23. The van der Waals surface area contributed by atoms with E-state index < -0.39 is 6.03 Å². The van der Waals surface area contributed by atoms with E-state index in [4.69, 9.17) is 22.1 Å². The average Bonchev–Trinajstić information content (AvgIpc) is 3.07. The van der Waals surface area contributed by atoms with Gasteiger partial charge in [0.1, 0.15) is 18.2 Å². The van der Waals surface area contributed by atoms with Crippen molar-refractivity contribution < 1.29 is 18.7 Å². The molecule has 1 saturated heterocycles. The number of rotatable bonds is 5. The standard InChI is InChI=1S/C19H19ClFN3O3/c20-16-9-13(18(25)24-7-6-15(10-24)23-19(22)26)4-5-17(16)27-11-12-2-1-3-14(21)8-12/h1-5,8-9,15H,6-7,10-11H2,(H3,22,23,26). The van der Waals surface area contributed by atoms with Gasteiger partial charge in [-0.05, 0) is 42.3 Å². The molecule has 142 valence electrons. The summed E-state index contributed by atoms with van der Waals surface area (Å²) in [6.45, 7) is 1.09. The third kappa shape index (κ3) is 4.89. The highest BCUT2D eigenvalue weighted by Crippen LogP contribution is 2.27. The number of halogens is 2. The number of carbonyl (C=O) groups is 2. The molecule has 0 radical (unpaired) electrons. The van der Waals surface area contributed by atoms with Crippen LogP contribution < -0.4 is 15.8 Å². The maximum Gasteiger partial charge on any atom is 0.312 e. The number of likely N-dealkylation sites (tertiary alicyclic amines) is 1. The van der Waals surface area contributed by atoms with E-state index in [1.807, 2.05) is 0 Å². The lowest BCUT2D eigenvalue weighted by Gasteiger charge is -2.17. The molecule has 0 bridgehead atoms. The van der Waals surface area contributed by atoms with Crippen LogP contribution in [0.5, 0.6) is 5.75 Å². The Balaban J connectivity index is 1.62. The smallest absolute Gasteiger partial charge is 0.312 e. The van der Waals surface area contributed by atoms with E-state index in [1.165, 1.54) is 12.1 Å². The largest absolute Gasteiger partial charge is 0.487 e. The molecule has 0 aliphatic carbocycles. The van der Waals surface area contributed by atoms with Gasteiger partial charge < -0.3 is 20.7 Å². The molecule has 3 N–H and O–H groups in total. The number of urea groups is 1. The number of hydrogen-bond acceptors (Lipinski definition) is 3. The Morgan fingerprint density at radius 3 is 2.81 bits per heavy atom. The molecule has 1 heterocycles. The molecule has 2 aromatic rings. The highest BCUT2D eigenvalue weighted by atomic mass is 35.5. The van der Waals surface area contributed by atoms with Crippen LogP contribution in [0.2, 0.25) is 5.02 Å². The number of carbonyl (C=O) groups excluding carboxylic acids is 2. The maximum atomic E-state index is 13.2. The molecule has 8 heteroatoms. The fraction of sp³-hybridized carbons (Fsp3) is 0.263. The van der Waals surface area contributed by atoms with E-state index in [0.717, 1.165) is 0 Å². The Morgan fingerprint density at radius 2 is 2.11 bits per heavy atom. The van der Waals surface area contributed by atoms with Gasteiger partial charge in [0.15, 0.2) is 0 Å². The highest BCUT2D eigenvalue weighted by Gasteiger charge is 2.27. The molecule has 1 fully saturated rings. The first-order chi connectivity index (χ1) is 12.9. The fourth-order valence-corrected chi connectivity index (χ4v) is 3.22. The zero-order valence-corrected chi connectivity index (χ0v) is 15.2. The molecule has 27 heavy (non-hydrogen) atoms. The van der Waals surface area contributed by atoms with Crippen molar-refractivity contribution in [1.29, 1.82) is 0 Å². The average molecular weight is 392 g/mol. The van der Waals surface area contributed by atoms with Gasteiger partial charge in [0.25, 0.3) is 5.91 Å². The van der Waals surface area contributed by atoms with Crippen molar-refractivity contribution in [3.63, 3.8) is 0 Å². The summed E-state index contributed by atoms with van der Waals surface area (Å²) in [6, 6.07) is 10.1. The molecule has 3 amide bonds. The second kappa shape index (κ2) is 8.26. The van der Waals surface area contributed by atoms with Gasteiger partial charge in [-0.1, -0.05) is 23.7 Å². The van der Waals surface area contributed by atoms with Crippen molar-refractivity contribution >= 4 is 23.5 Å². The van der Waals surface area contributed by atoms with Crippen molar-refractivity contribution in [3.8, 4) is 5.75 Å². The van der Waals surface area contributed by atoms with Crippen molar-refractivity contribution in [2.24, 2.45) is 5.73 Å². The van der Waals surface area contributed by atoms with Crippen LogP contribution in [0.15, 0.2) is 42.5 Å². The summed E-state index contributed by atoms with van der Waals surface area (Å²) in [5.41, 5.74) is 6.22. The number of nitrogens with two attached hydrogens (primary N) is 1. The van der Waals surface area contributed by atoms with E-state index in [9.17, 15) is 14.0 Å². The summed E-state index contributed by atoms with van der Waals surface area (Å²) < 4.78 is 18.8. The predicted molar refractivity (Wildman–Crippen MR) is 99.2 cm³/mol. The molecule has 0 spiro atoms. The molecule has 1 unspecified atom stereocenters. The Hall–Kier alpha value is -2.80. The van der Waals surface area contributed by atoms with Crippen LogP contribution in [-0.4, -0.2) is 36.0 Å². The normalized spacial score (nSPS) is 16.2. The molecular weight excluding hydrogens is 373 g/mol. The minimum atomic E-state index is -0.600. The van der Waals surface area contributed by atoms with Crippen molar-refractivity contribution in [3.05, 3.63) is 64.4 Å². The first-order valence-electron chi connectivity index (χ1n) is 8.44. The van der Waals surface area contributed by atoms with Gasteiger partial charge in [-0.15, -0.1) is 0 Å². The zero-order chi connectivity index (χ0) is 19.4. The first kappa shape index (κ1) is 19.0. The van der Waals surface area contributed by atoms with Crippen molar-refractivity contribution in [2.45, 2.75) is 19.1 Å². The number of ether oxygens (including phenoxy) is 1. The molecule has 1 aliphatic heterocycles. The van der Waals surface area contributed by atoms with E-state index in [2.05, 4.69) is 5.32 Å². The lowest BCUT2D eigenvalue weighted by molar-refractivity contribution is 0.0789. The number of hydrogen-bond donors (Lipinski definition) is 2. The Bertz CT molecular complexity index is 862. The minimum Gasteiger partial charge on any atom is -0.487 e. The number of nitrogens with one attached hydrogen (secondary N) is 1. The van der Waals surface area contributed by atoms with Crippen LogP contribution in [0.1, 0.15) is 22.3 Å². The quantitative estimate of drug-likeness (QED) is 0.821. The molecule has 6 nitrogen and oxygen atoms in total. The van der Waals surface area contributed by atoms with Gasteiger partial charge >= 0.3 is 6.03 Å². The number of benzene rings is 2. The van der Waals surface area contributed by atoms with E-state index in [0.29, 0.717) is 41.4 Å². The van der Waals surface area contributed by atoms with E-state index in [1.54, 1.807) is 35.2 Å². The second-order valence-electron chi connectivity index (χ2n) is 6.31. The Morgan fingerprint density at radius 1 is 1.30 bits per heavy atom. The molecule has 2 aromatic carbocycles. The fourth-order valence-electron chi connectivity index (χ4n) is 2.99. The second-order valence-corrected chi connectivity index (χ2v) is 6.72. The topological polar surface area (TPSA) is 84.7 Å². The van der Waals surface area contributed by atoms with Crippen LogP contribution in [-0.2, 0) is 6.61 Å². The number of amides is 3. The SMILES string of the molecule is NC(=O)NC1CCN(C(=O)c2ccc(OCc3cccc(F)c3)c(Cl)c2)C1. The van der Waals surface area contributed by atoms with Gasteiger partial charge in [-0.2, -0.15) is 0 Å². The molecular formula is C19H19ClFN3O3.